The maximum absolute atomic E-state index is 11.9. The molecule has 1 unspecified atom stereocenters. The van der Waals surface area contributed by atoms with Crippen LogP contribution in [-0.2, 0) is 11.8 Å². The minimum atomic E-state index is 0.0680. The number of aromatic nitrogens is 2. The number of hydrogen-bond acceptors (Lipinski definition) is 2. The maximum atomic E-state index is 11.9. The molecule has 1 aromatic carbocycles. The predicted octanol–water partition coefficient (Wildman–Crippen LogP) is 3.34. The third kappa shape index (κ3) is 3.34. The van der Waals surface area contributed by atoms with Crippen molar-refractivity contribution in [2.45, 2.75) is 33.1 Å². The van der Waals surface area contributed by atoms with Crippen molar-refractivity contribution in [1.29, 1.82) is 0 Å². The number of rotatable bonds is 5. The van der Waals surface area contributed by atoms with Gasteiger partial charge in [-0.15, -0.1) is 0 Å². The summed E-state index contributed by atoms with van der Waals surface area (Å²) in [6.07, 6.45) is 4.56. The van der Waals surface area contributed by atoms with Crippen LogP contribution in [-0.4, -0.2) is 15.7 Å². The monoisotopic (exact) mass is 259 g/mol. The zero-order chi connectivity index (χ0) is 13.8. The fourth-order valence-electron chi connectivity index (χ4n) is 2.06. The number of fused-ring (bicyclic) bond motifs is 1. The molecule has 1 amide bonds. The van der Waals surface area contributed by atoms with Crippen LogP contribution in [0, 0.1) is 5.92 Å². The van der Waals surface area contributed by atoms with Crippen LogP contribution in [0.15, 0.2) is 24.4 Å². The highest BCUT2D eigenvalue weighted by Crippen LogP contribution is 2.21. The van der Waals surface area contributed by atoms with E-state index in [0.29, 0.717) is 12.3 Å². The second kappa shape index (κ2) is 5.87. The van der Waals surface area contributed by atoms with Crippen molar-refractivity contribution in [2.75, 3.05) is 5.32 Å². The molecule has 0 spiro atoms. The lowest BCUT2D eigenvalue weighted by atomic mass is 10.0. The van der Waals surface area contributed by atoms with E-state index in [1.807, 2.05) is 31.4 Å². The molecule has 4 nitrogen and oxygen atoms in total. The molecule has 1 N–H and O–H groups in total. The van der Waals surface area contributed by atoms with Crippen LogP contribution in [0.4, 0.5) is 5.69 Å². The second-order valence-corrected chi connectivity index (χ2v) is 5.15. The van der Waals surface area contributed by atoms with Gasteiger partial charge in [-0.1, -0.05) is 32.4 Å². The molecule has 4 heteroatoms. The Morgan fingerprint density at radius 2 is 2.26 bits per heavy atom. The van der Waals surface area contributed by atoms with E-state index >= 15 is 0 Å². The number of aryl methyl sites for hydroxylation is 1. The van der Waals surface area contributed by atoms with E-state index in [2.05, 4.69) is 24.3 Å². The zero-order valence-electron chi connectivity index (χ0n) is 11.8. The highest BCUT2D eigenvalue weighted by Gasteiger charge is 2.09. The summed E-state index contributed by atoms with van der Waals surface area (Å²) in [7, 11) is 1.88. The fraction of sp³-hybridized carbons (Fsp3) is 0.467. The van der Waals surface area contributed by atoms with Gasteiger partial charge in [-0.05, 0) is 18.4 Å². The van der Waals surface area contributed by atoms with Crippen LogP contribution in [0.1, 0.15) is 33.1 Å². The van der Waals surface area contributed by atoms with Crippen molar-refractivity contribution in [3.63, 3.8) is 0 Å². The lowest BCUT2D eigenvalue weighted by molar-refractivity contribution is -0.116. The molecule has 0 saturated heterocycles. The molecule has 1 atom stereocenters. The van der Waals surface area contributed by atoms with Gasteiger partial charge in [0.25, 0.3) is 0 Å². The lowest BCUT2D eigenvalue weighted by Gasteiger charge is -2.09. The third-order valence-corrected chi connectivity index (χ3v) is 3.49. The number of hydrogen-bond donors (Lipinski definition) is 1. The van der Waals surface area contributed by atoms with Crippen molar-refractivity contribution < 1.29 is 4.79 Å². The number of amides is 1. The summed E-state index contributed by atoms with van der Waals surface area (Å²) in [5.74, 6) is 0.662. The van der Waals surface area contributed by atoms with E-state index in [-0.39, 0.29) is 5.91 Å². The van der Waals surface area contributed by atoms with Crippen LogP contribution in [0.3, 0.4) is 0 Å². The largest absolute Gasteiger partial charge is 0.324 e. The van der Waals surface area contributed by atoms with E-state index in [0.717, 1.165) is 29.4 Å². The number of benzene rings is 1. The van der Waals surface area contributed by atoms with E-state index in [1.54, 1.807) is 4.68 Å². The molecule has 1 aromatic heterocycles. The Labute approximate surface area is 113 Å². The summed E-state index contributed by atoms with van der Waals surface area (Å²) in [5, 5.41) is 8.39. The average molecular weight is 259 g/mol. The van der Waals surface area contributed by atoms with Gasteiger partial charge < -0.3 is 5.32 Å². The normalized spacial score (nSPS) is 12.6. The Morgan fingerprint density at radius 3 is 3.00 bits per heavy atom. The van der Waals surface area contributed by atoms with E-state index in [9.17, 15) is 4.79 Å². The second-order valence-electron chi connectivity index (χ2n) is 5.15. The minimum absolute atomic E-state index is 0.0680. The Balaban J connectivity index is 2.06. The van der Waals surface area contributed by atoms with E-state index < -0.39 is 0 Å². The average Bonchev–Trinajstić information content (AvgIpc) is 2.77. The standard InChI is InChI=1S/C15H21N3O/c1-4-11(2)8-9-14(19)16-13-7-5-6-12-10-18(3)17-15(12)13/h5-7,10-11H,4,8-9H2,1-3H3,(H,16,19). The Bertz CT molecular complexity index is 574. The zero-order valence-corrected chi connectivity index (χ0v) is 11.8. The van der Waals surface area contributed by atoms with Gasteiger partial charge in [0.1, 0.15) is 5.52 Å². The van der Waals surface area contributed by atoms with Crippen molar-refractivity contribution in [2.24, 2.45) is 13.0 Å². The summed E-state index contributed by atoms with van der Waals surface area (Å²) in [5.41, 5.74) is 1.65. The summed E-state index contributed by atoms with van der Waals surface area (Å²) in [4.78, 5) is 11.9. The van der Waals surface area contributed by atoms with Crippen molar-refractivity contribution in [1.82, 2.24) is 9.78 Å². The summed E-state index contributed by atoms with van der Waals surface area (Å²) in [6.45, 7) is 4.32. The van der Waals surface area contributed by atoms with E-state index in [1.165, 1.54) is 0 Å². The fourth-order valence-corrected chi connectivity index (χ4v) is 2.06. The van der Waals surface area contributed by atoms with Gasteiger partial charge in [0.15, 0.2) is 0 Å². The number of anilines is 1. The molecule has 102 valence electrons. The van der Waals surface area contributed by atoms with Gasteiger partial charge in [-0.2, -0.15) is 5.10 Å². The van der Waals surface area contributed by atoms with Crippen molar-refractivity contribution >= 4 is 22.5 Å². The number of nitrogens with zero attached hydrogens (tertiary/aromatic N) is 2. The Hall–Kier alpha value is -1.84. The van der Waals surface area contributed by atoms with Gasteiger partial charge in [0.05, 0.1) is 5.69 Å². The Morgan fingerprint density at radius 1 is 1.47 bits per heavy atom. The first-order valence-corrected chi connectivity index (χ1v) is 6.82. The smallest absolute Gasteiger partial charge is 0.224 e. The minimum Gasteiger partial charge on any atom is -0.324 e. The van der Waals surface area contributed by atoms with Gasteiger partial charge in [-0.3, -0.25) is 9.48 Å². The quantitative estimate of drug-likeness (QED) is 0.895. The SMILES string of the molecule is CCC(C)CCC(=O)Nc1cccc2cn(C)nc12. The van der Waals surface area contributed by atoms with Crippen LogP contribution in [0.5, 0.6) is 0 Å². The maximum Gasteiger partial charge on any atom is 0.224 e. The molecule has 0 aliphatic rings. The molecular weight excluding hydrogens is 238 g/mol. The molecule has 2 aromatic rings. The first-order valence-electron chi connectivity index (χ1n) is 6.82. The number of nitrogens with one attached hydrogen (secondary N) is 1. The molecule has 0 fully saturated rings. The topological polar surface area (TPSA) is 46.9 Å². The molecule has 0 saturated carbocycles. The van der Waals surface area contributed by atoms with Crippen LogP contribution >= 0.6 is 0 Å². The van der Waals surface area contributed by atoms with Gasteiger partial charge in [-0.25, -0.2) is 0 Å². The van der Waals surface area contributed by atoms with Crippen molar-refractivity contribution in [3.05, 3.63) is 24.4 Å². The molecule has 2 rings (SSSR count). The summed E-state index contributed by atoms with van der Waals surface area (Å²) < 4.78 is 1.76. The Kier molecular flexibility index (Phi) is 4.20. The van der Waals surface area contributed by atoms with Crippen LogP contribution in [0.25, 0.3) is 10.9 Å². The van der Waals surface area contributed by atoms with Gasteiger partial charge in [0.2, 0.25) is 5.91 Å². The molecule has 0 aliphatic carbocycles. The molecule has 0 aliphatic heterocycles. The van der Waals surface area contributed by atoms with Crippen LogP contribution in [0.2, 0.25) is 0 Å². The molecule has 19 heavy (non-hydrogen) atoms. The lowest BCUT2D eigenvalue weighted by Crippen LogP contribution is -2.12. The predicted molar refractivity (Wildman–Crippen MR) is 78.0 cm³/mol. The summed E-state index contributed by atoms with van der Waals surface area (Å²) in [6, 6.07) is 5.84. The highest BCUT2D eigenvalue weighted by atomic mass is 16.1. The van der Waals surface area contributed by atoms with Crippen LogP contribution < -0.4 is 5.32 Å². The van der Waals surface area contributed by atoms with E-state index in [4.69, 9.17) is 0 Å². The molecule has 0 bridgehead atoms. The highest BCUT2D eigenvalue weighted by molar-refractivity contribution is 6.00. The van der Waals surface area contributed by atoms with Gasteiger partial charge in [0, 0.05) is 25.1 Å². The van der Waals surface area contributed by atoms with Crippen molar-refractivity contribution in [3.8, 4) is 0 Å². The number of carbonyl (C=O) groups excluding carboxylic acids is 1. The molecular formula is C15H21N3O. The third-order valence-electron chi connectivity index (χ3n) is 3.49. The number of carbonyl (C=O) groups is 1. The molecule has 0 radical (unpaired) electrons. The first kappa shape index (κ1) is 13.6. The molecule has 1 heterocycles. The summed E-state index contributed by atoms with van der Waals surface area (Å²) >= 11 is 0. The van der Waals surface area contributed by atoms with Gasteiger partial charge >= 0.3 is 0 Å². The first-order chi connectivity index (χ1) is 9.10.